The van der Waals surface area contributed by atoms with E-state index in [0.29, 0.717) is 6.54 Å². The molecule has 2 N–H and O–H groups in total. The largest absolute Gasteiger partial charge is 0.497 e. The lowest BCUT2D eigenvalue weighted by Crippen LogP contribution is -2.28. The van der Waals surface area contributed by atoms with Crippen molar-refractivity contribution < 1.29 is 14.3 Å². The first-order chi connectivity index (χ1) is 9.76. The molecule has 0 aliphatic rings. The summed E-state index contributed by atoms with van der Waals surface area (Å²) in [7, 11) is 3.31. The van der Waals surface area contributed by atoms with E-state index in [2.05, 4.69) is 10.6 Å². The highest BCUT2D eigenvalue weighted by molar-refractivity contribution is 5.92. The Morgan fingerprint density at radius 1 is 1.20 bits per heavy atom. The molecule has 5 heteroatoms. The Labute approximate surface area is 120 Å². The quantitative estimate of drug-likeness (QED) is 0.644. The van der Waals surface area contributed by atoms with Gasteiger partial charge in [-0.25, -0.2) is 0 Å². The van der Waals surface area contributed by atoms with Gasteiger partial charge in [0.2, 0.25) is 5.91 Å². The van der Waals surface area contributed by atoms with Crippen molar-refractivity contribution in [3.63, 3.8) is 0 Å². The lowest BCUT2D eigenvalue weighted by molar-refractivity contribution is -0.115. The molecule has 0 unspecified atom stereocenters. The van der Waals surface area contributed by atoms with Gasteiger partial charge in [-0.1, -0.05) is 6.07 Å². The summed E-state index contributed by atoms with van der Waals surface area (Å²) in [6.07, 6.45) is 3.22. The Morgan fingerprint density at radius 3 is 2.80 bits per heavy atom. The Kier molecular flexibility index (Phi) is 8.42. The van der Waals surface area contributed by atoms with E-state index in [1.807, 2.05) is 18.2 Å². The molecule has 20 heavy (non-hydrogen) atoms. The molecule has 5 nitrogen and oxygen atoms in total. The molecule has 1 aromatic carbocycles. The van der Waals surface area contributed by atoms with Gasteiger partial charge in [-0.15, -0.1) is 0 Å². The Balaban J connectivity index is 2.13. The lowest BCUT2D eigenvalue weighted by atomic mass is 10.2. The van der Waals surface area contributed by atoms with E-state index in [0.717, 1.165) is 43.9 Å². The van der Waals surface area contributed by atoms with Crippen molar-refractivity contribution in [2.75, 3.05) is 39.2 Å². The molecule has 0 heterocycles. The Bertz CT molecular complexity index is 396. The Hall–Kier alpha value is -1.59. The van der Waals surface area contributed by atoms with Crippen molar-refractivity contribution in [2.24, 2.45) is 0 Å². The van der Waals surface area contributed by atoms with Gasteiger partial charge in [0.25, 0.3) is 0 Å². The minimum Gasteiger partial charge on any atom is -0.497 e. The zero-order valence-electron chi connectivity index (χ0n) is 12.3. The highest BCUT2D eigenvalue weighted by atomic mass is 16.5. The maximum Gasteiger partial charge on any atom is 0.238 e. The third kappa shape index (κ3) is 7.11. The number of methoxy groups -OCH3 is 2. The van der Waals surface area contributed by atoms with Gasteiger partial charge >= 0.3 is 0 Å². The first kappa shape index (κ1) is 16.5. The summed E-state index contributed by atoms with van der Waals surface area (Å²) in [6, 6.07) is 7.32. The zero-order valence-corrected chi connectivity index (χ0v) is 12.3. The highest BCUT2D eigenvalue weighted by Crippen LogP contribution is 2.16. The minimum atomic E-state index is -0.0462. The SMILES string of the molecule is COCCCCCNCC(=O)Nc1cccc(OC)c1. The van der Waals surface area contributed by atoms with Crippen molar-refractivity contribution in [1.82, 2.24) is 5.32 Å². The predicted octanol–water partition coefficient (Wildman–Crippen LogP) is 2.04. The lowest BCUT2D eigenvalue weighted by Gasteiger charge is -2.08. The topological polar surface area (TPSA) is 59.6 Å². The standard InChI is InChI=1S/C15H24N2O3/c1-19-10-5-3-4-9-16-12-15(18)17-13-7-6-8-14(11-13)20-2/h6-8,11,16H,3-5,9-10,12H2,1-2H3,(H,17,18). The van der Waals surface area contributed by atoms with Gasteiger partial charge in [-0.2, -0.15) is 0 Å². The van der Waals surface area contributed by atoms with Crippen LogP contribution in [0.3, 0.4) is 0 Å². The number of ether oxygens (including phenoxy) is 2. The number of carbonyl (C=O) groups excluding carboxylic acids is 1. The van der Waals surface area contributed by atoms with Crippen LogP contribution in [0.25, 0.3) is 0 Å². The highest BCUT2D eigenvalue weighted by Gasteiger charge is 2.02. The molecule has 1 amide bonds. The molecule has 0 atom stereocenters. The molecule has 0 fully saturated rings. The second kappa shape index (κ2) is 10.2. The molecule has 0 aliphatic heterocycles. The van der Waals surface area contributed by atoms with Gasteiger partial charge in [0, 0.05) is 25.5 Å². The van der Waals surface area contributed by atoms with Crippen LogP contribution in [-0.2, 0) is 9.53 Å². The second-order valence-electron chi connectivity index (χ2n) is 4.51. The fraction of sp³-hybridized carbons (Fsp3) is 0.533. The van der Waals surface area contributed by atoms with E-state index in [-0.39, 0.29) is 5.91 Å². The number of carbonyl (C=O) groups is 1. The third-order valence-electron chi connectivity index (χ3n) is 2.84. The van der Waals surface area contributed by atoms with Crippen LogP contribution in [0, 0.1) is 0 Å². The minimum absolute atomic E-state index is 0.0462. The first-order valence-corrected chi connectivity index (χ1v) is 6.90. The summed E-state index contributed by atoms with van der Waals surface area (Å²) in [4.78, 5) is 11.7. The van der Waals surface area contributed by atoms with Gasteiger partial charge < -0.3 is 20.1 Å². The number of amides is 1. The maximum absolute atomic E-state index is 11.7. The molecule has 0 aliphatic carbocycles. The van der Waals surface area contributed by atoms with E-state index in [9.17, 15) is 4.79 Å². The van der Waals surface area contributed by atoms with Gasteiger partial charge in [-0.05, 0) is 37.9 Å². The van der Waals surface area contributed by atoms with E-state index < -0.39 is 0 Å². The molecule has 0 radical (unpaired) electrons. The number of nitrogens with one attached hydrogen (secondary N) is 2. The van der Waals surface area contributed by atoms with Gasteiger partial charge in [0.15, 0.2) is 0 Å². The summed E-state index contributed by atoms with van der Waals surface area (Å²) < 4.78 is 10.1. The van der Waals surface area contributed by atoms with Crippen LogP contribution < -0.4 is 15.4 Å². The number of anilines is 1. The normalized spacial score (nSPS) is 10.3. The van der Waals surface area contributed by atoms with E-state index in [1.54, 1.807) is 20.3 Å². The van der Waals surface area contributed by atoms with E-state index in [1.165, 1.54) is 0 Å². The molecular weight excluding hydrogens is 256 g/mol. The van der Waals surface area contributed by atoms with Crippen molar-refractivity contribution in [2.45, 2.75) is 19.3 Å². The van der Waals surface area contributed by atoms with Crippen LogP contribution in [0.1, 0.15) is 19.3 Å². The van der Waals surface area contributed by atoms with Crippen molar-refractivity contribution in [3.8, 4) is 5.75 Å². The van der Waals surface area contributed by atoms with Gasteiger partial charge in [0.1, 0.15) is 5.75 Å². The molecule has 112 valence electrons. The van der Waals surface area contributed by atoms with Crippen LogP contribution >= 0.6 is 0 Å². The number of benzene rings is 1. The molecular formula is C15H24N2O3. The van der Waals surface area contributed by atoms with E-state index in [4.69, 9.17) is 9.47 Å². The average Bonchev–Trinajstić information content (AvgIpc) is 2.46. The fourth-order valence-electron chi connectivity index (χ4n) is 1.78. The number of hydrogen-bond acceptors (Lipinski definition) is 4. The summed E-state index contributed by atoms with van der Waals surface area (Å²) in [6.45, 7) is 1.97. The van der Waals surface area contributed by atoms with Gasteiger partial charge in [-0.3, -0.25) is 4.79 Å². The number of hydrogen-bond donors (Lipinski definition) is 2. The van der Waals surface area contributed by atoms with Gasteiger partial charge in [0.05, 0.1) is 13.7 Å². The van der Waals surface area contributed by atoms with Crippen molar-refractivity contribution in [3.05, 3.63) is 24.3 Å². The monoisotopic (exact) mass is 280 g/mol. The summed E-state index contributed by atoms with van der Waals surface area (Å²) in [5.74, 6) is 0.684. The molecule has 1 rings (SSSR count). The van der Waals surface area contributed by atoms with Crippen LogP contribution in [0.2, 0.25) is 0 Å². The van der Waals surface area contributed by atoms with Crippen LogP contribution in [-0.4, -0.2) is 39.8 Å². The first-order valence-electron chi connectivity index (χ1n) is 6.90. The van der Waals surface area contributed by atoms with Crippen LogP contribution in [0.4, 0.5) is 5.69 Å². The molecule has 0 saturated heterocycles. The summed E-state index contributed by atoms with van der Waals surface area (Å²) in [5.41, 5.74) is 0.747. The molecule has 1 aromatic rings. The smallest absolute Gasteiger partial charge is 0.238 e. The number of rotatable bonds is 10. The summed E-state index contributed by atoms with van der Waals surface area (Å²) >= 11 is 0. The molecule has 0 aromatic heterocycles. The number of unbranched alkanes of at least 4 members (excludes halogenated alkanes) is 2. The van der Waals surface area contributed by atoms with Crippen molar-refractivity contribution in [1.29, 1.82) is 0 Å². The maximum atomic E-state index is 11.7. The Morgan fingerprint density at radius 2 is 2.05 bits per heavy atom. The van der Waals surface area contributed by atoms with E-state index >= 15 is 0 Å². The predicted molar refractivity (Wildman–Crippen MR) is 80.2 cm³/mol. The molecule has 0 spiro atoms. The molecule has 0 bridgehead atoms. The van der Waals surface area contributed by atoms with Crippen LogP contribution in [0.15, 0.2) is 24.3 Å². The molecule has 0 saturated carbocycles. The van der Waals surface area contributed by atoms with Crippen molar-refractivity contribution >= 4 is 11.6 Å². The second-order valence-corrected chi connectivity index (χ2v) is 4.51. The van der Waals surface area contributed by atoms with Crippen LogP contribution in [0.5, 0.6) is 5.75 Å². The average molecular weight is 280 g/mol. The third-order valence-corrected chi connectivity index (χ3v) is 2.84. The summed E-state index contributed by atoms with van der Waals surface area (Å²) in [5, 5.41) is 5.95. The zero-order chi connectivity index (χ0) is 14.6. The fourth-order valence-corrected chi connectivity index (χ4v) is 1.78.